The molecule has 0 aromatic carbocycles. The molecule has 2 rings (SSSR count). The second-order valence-corrected chi connectivity index (χ2v) is 6.50. The van der Waals surface area contributed by atoms with E-state index in [-0.39, 0.29) is 0 Å². The minimum atomic E-state index is 0.712. The summed E-state index contributed by atoms with van der Waals surface area (Å²) in [5.74, 6) is 1.04. The van der Waals surface area contributed by atoms with Gasteiger partial charge in [0.2, 0.25) is 0 Å². The lowest BCUT2D eigenvalue weighted by molar-refractivity contribution is 0.120. The summed E-state index contributed by atoms with van der Waals surface area (Å²) in [4.78, 5) is 2.81. The Balaban J connectivity index is 1.76. The fourth-order valence-corrected chi connectivity index (χ4v) is 3.78. The van der Waals surface area contributed by atoms with Crippen molar-refractivity contribution < 1.29 is 0 Å². The molecule has 0 radical (unpaired) electrons. The van der Waals surface area contributed by atoms with Crippen LogP contribution < -0.4 is 5.32 Å². The molecule has 1 aliphatic carbocycles. The number of hydrogen-bond acceptors (Lipinski definition) is 2. The lowest BCUT2D eigenvalue weighted by Gasteiger charge is -2.38. The Morgan fingerprint density at radius 1 is 1.06 bits per heavy atom. The molecule has 1 saturated heterocycles. The van der Waals surface area contributed by atoms with Crippen molar-refractivity contribution in [3.05, 3.63) is 0 Å². The van der Waals surface area contributed by atoms with Crippen LogP contribution in [0.3, 0.4) is 0 Å². The van der Waals surface area contributed by atoms with Gasteiger partial charge in [0.05, 0.1) is 0 Å². The van der Waals surface area contributed by atoms with Gasteiger partial charge < -0.3 is 10.2 Å². The molecule has 0 spiro atoms. The van der Waals surface area contributed by atoms with Crippen LogP contribution in [0.5, 0.6) is 0 Å². The van der Waals surface area contributed by atoms with Crippen LogP contribution in [0.15, 0.2) is 0 Å². The van der Waals surface area contributed by atoms with E-state index in [0.29, 0.717) is 6.04 Å². The van der Waals surface area contributed by atoms with E-state index >= 15 is 0 Å². The number of nitrogens with one attached hydrogen (secondary N) is 1. The summed E-state index contributed by atoms with van der Waals surface area (Å²) < 4.78 is 0. The van der Waals surface area contributed by atoms with E-state index in [0.717, 1.165) is 12.0 Å². The second kappa shape index (κ2) is 7.49. The molecule has 1 saturated carbocycles. The highest BCUT2D eigenvalue weighted by Crippen LogP contribution is 2.30. The van der Waals surface area contributed by atoms with E-state index in [1.165, 1.54) is 71.0 Å². The summed E-state index contributed by atoms with van der Waals surface area (Å²) >= 11 is 0. The van der Waals surface area contributed by atoms with Gasteiger partial charge in [0, 0.05) is 12.1 Å². The van der Waals surface area contributed by atoms with Crippen LogP contribution >= 0.6 is 0 Å². The molecular formula is C16H32N2. The quantitative estimate of drug-likeness (QED) is 0.828. The van der Waals surface area contributed by atoms with Crippen molar-refractivity contribution in [3.63, 3.8) is 0 Å². The molecule has 2 heteroatoms. The Morgan fingerprint density at radius 3 is 2.56 bits per heavy atom. The average Bonchev–Trinajstić information content (AvgIpc) is 2.36. The highest BCUT2D eigenvalue weighted by molar-refractivity contribution is 4.81. The zero-order valence-electron chi connectivity index (χ0n) is 12.5. The predicted molar refractivity (Wildman–Crippen MR) is 78.9 cm³/mol. The van der Waals surface area contributed by atoms with Gasteiger partial charge in [0.15, 0.2) is 0 Å². The van der Waals surface area contributed by atoms with Gasteiger partial charge in [-0.3, -0.25) is 0 Å². The smallest absolute Gasteiger partial charge is 0.00954 e. The first-order valence-corrected chi connectivity index (χ1v) is 8.27. The molecule has 18 heavy (non-hydrogen) atoms. The van der Waals surface area contributed by atoms with E-state index in [4.69, 9.17) is 0 Å². The fraction of sp³-hybridized carbons (Fsp3) is 1.00. The van der Waals surface area contributed by atoms with Crippen molar-refractivity contribution >= 4 is 0 Å². The van der Waals surface area contributed by atoms with Gasteiger partial charge in [-0.1, -0.05) is 19.8 Å². The maximum Gasteiger partial charge on any atom is 0.00954 e. The van der Waals surface area contributed by atoms with Gasteiger partial charge in [-0.15, -0.1) is 0 Å². The average molecular weight is 252 g/mol. The first kappa shape index (κ1) is 14.3. The van der Waals surface area contributed by atoms with Crippen LogP contribution in [0.1, 0.15) is 65.2 Å². The highest BCUT2D eigenvalue weighted by Gasteiger charge is 2.25. The van der Waals surface area contributed by atoms with Crippen molar-refractivity contribution in [2.24, 2.45) is 5.92 Å². The first-order chi connectivity index (χ1) is 8.79. The van der Waals surface area contributed by atoms with Crippen LogP contribution in [0, 0.1) is 5.92 Å². The summed E-state index contributed by atoms with van der Waals surface area (Å²) in [6.07, 6.45) is 11.4. The molecule has 0 aromatic heterocycles. The molecule has 1 N–H and O–H groups in total. The zero-order chi connectivity index (χ0) is 12.8. The minimum absolute atomic E-state index is 0.712. The maximum atomic E-state index is 3.61. The molecule has 2 aliphatic rings. The lowest BCUT2D eigenvalue weighted by Crippen LogP contribution is -2.44. The summed E-state index contributed by atoms with van der Waals surface area (Å²) in [5.41, 5.74) is 0. The van der Waals surface area contributed by atoms with Crippen LogP contribution in [-0.2, 0) is 0 Å². The summed E-state index contributed by atoms with van der Waals surface area (Å²) in [5, 5.41) is 3.61. The molecule has 2 fully saturated rings. The third-order valence-electron chi connectivity index (χ3n) is 4.99. The molecule has 106 valence electrons. The molecule has 1 unspecified atom stereocenters. The molecule has 0 aromatic rings. The van der Waals surface area contributed by atoms with Gasteiger partial charge >= 0.3 is 0 Å². The van der Waals surface area contributed by atoms with Crippen LogP contribution in [0.2, 0.25) is 0 Å². The number of rotatable bonds is 3. The monoisotopic (exact) mass is 252 g/mol. The predicted octanol–water partition coefficient (Wildman–Crippen LogP) is 3.42. The number of nitrogens with zero attached hydrogens (tertiary/aromatic N) is 1. The van der Waals surface area contributed by atoms with E-state index in [1.54, 1.807) is 0 Å². The molecule has 2 nitrogen and oxygen atoms in total. The van der Waals surface area contributed by atoms with Crippen molar-refractivity contribution in [1.82, 2.24) is 10.2 Å². The maximum absolute atomic E-state index is 3.61. The third kappa shape index (κ3) is 4.24. The lowest BCUT2D eigenvalue weighted by atomic mass is 9.83. The van der Waals surface area contributed by atoms with Crippen molar-refractivity contribution in [2.75, 3.05) is 19.6 Å². The van der Waals surface area contributed by atoms with Crippen LogP contribution in [0.4, 0.5) is 0 Å². The van der Waals surface area contributed by atoms with Crippen molar-refractivity contribution in [2.45, 2.75) is 77.3 Å². The molecule has 1 heterocycles. The van der Waals surface area contributed by atoms with E-state index in [9.17, 15) is 0 Å². The minimum Gasteiger partial charge on any atom is -0.314 e. The Morgan fingerprint density at radius 2 is 1.83 bits per heavy atom. The second-order valence-electron chi connectivity index (χ2n) is 6.50. The Labute approximate surface area is 114 Å². The fourth-order valence-electron chi connectivity index (χ4n) is 3.78. The largest absolute Gasteiger partial charge is 0.314 e. The SMILES string of the molecule is CCCC1CCC(N2CCCNC(C)CC2)CC1. The summed E-state index contributed by atoms with van der Waals surface area (Å²) in [6, 6.07) is 1.62. The Hall–Kier alpha value is -0.0800. The third-order valence-corrected chi connectivity index (χ3v) is 4.99. The first-order valence-electron chi connectivity index (χ1n) is 8.27. The van der Waals surface area contributed by atoms with E-state index in [2.05, 4.69) is 24.1 Å². The molecule has 0 amide bonds. The van der Waals surface area contributed by atoms with Gasteiger partial charge in [0.1, 0.15) is 0 Å². The molecule has 1 aliphatic heterocycles. The number of hydrogen-bond donors (Lipinski definition) is 1. The molecule has 1 atom stereocenters. The summed E-state index contributed by atoms with van der Waals surface area (Å²) in [6.45, 7) is 8.52. The van der Waals surface area contributed by atoms with Gasteiger partial charge in [0.25, 0.3) is 0 Å². The van der Waals surface area contributed by atoms with Gasteiger partial charge in [-0.05, 0) is 71.0 Å². The Kier molecular flexibility index (Phi) is 5.97. The highest BCUT2D eigenvalue weighted by atomic mass is 15.2. The standard InChI is InChI=1S/C16H32N2/c1-3-5-15-6-8-16(9-7-15)18-12-4-11-17-14(2)10-13-18/h14-17H,3-13H2,1-2H3. The summed E-state index contributed by atoms with van der Waals surface area (Å²) in [7, 11) is 0. The Bertz CT molecular complexity index is 221. The van der Waals surface area contributed by atoms with E-state index in [1.807, 2.05) is 0 Å². The molecular weight excluding hydrogens is 220 g/mol. The van der Waals surface area contributed by atoms with Crippen molar-refractivity contribution in [3.8, 4) is 0 Å². The van der Waals surface area contributed by atoms with Gasteiger partial charge in [-0.25, -0.2) is 0 Å². The van der Waals surface area contributed by atoms with Crippen LogP contribution in [-0.4, -0.2) is 36.6 Å². The topological polar surface area (TPSA) is 15.3 Å². The zero-order valence-corrected chi connectivity index (χ0v) is 12.5. The van der Waals surface area contributed by atoms with Gasteiger partial charge in [-0.2, -0.15) is 0 Å². The van der Waals surface area contributed by atoms with Crippen LogP contribution in [0.25, 0.3) is 0 Å². The normalized spacial score (nSPS) is 36.0. The van der Waals surface area contributed by atoms with E-state index < -0.39 is 0 Å². The molecule has 0 bridgehead atoms. The van der Waals surface area contributed by atoms with Crippen molar-refractivity contribution in [1.29, 1.82) is 0 Å².